The van der Waals surface area contributed by atoms with Crippen LogP contribution >= 0.6 is 0 Å². The second kappa shape index (κ2) is 4.25. The third-order valence-corrected chi connectivity index (χ3v) is 4.39. The topological polar surface area (TPSA) is 35.5 Å². The number of rotatable bonds is 2. The summed E-state index contributed by atoms with van der Waals surface area (Å²) in [6, 6.07) is 9.23. The molecular weight excluding hydrogens is 224 g/mol. The van der Waals surface area contributed by atoms with Gasteiger partial charge in [0.15, 0.2) is 0 Å². The summed E-state index contributed by atoms with van der Waals surface area (Å²) in [4.78, 5) is 2.09. The maximum absolute atomic E-state index is 11.1. The lowest BCUT2D eigenvalue weighted by Crippen LogP contribution is -2.47. The van der Waals surface area contributed by atoms with Crippen LogP contribution in [0.1, 0.15) is 31.2 Å². The summed E-state index contributed by atoms with van der Waals surface area (Å²) in [7, 11) is 4.08. The maximum atomic E-state index is 11.1. The van der Waals surface area contributed by atoms with Crippen LogP contribution in [0.5, 0.6) is 0 Å². The van der Waals surface area contributed by atoms with Crippen LogP contribution in [0.15, 0.2) is 24.3 Å². The van der Waals surface area contributed by atoms with Crippen molar-refractivity contribution in [2.45, 2.75) is 43.4 Å². The summed E-state index contributed by atoms with van der Waals surface area (Å²) in [6.45, 7) is 0. The average molecular weight is 246 g/mol. The number of aliphatic hydroxyl groups is 1. The van der Waals surface area contributed by atoms with Gasteiger partial charge in [-0.1, -0.05) is 18.2 Å². The number of fused-ring (bicyclic) bond motifs is 2. The fourth-order valence-corrected chi connectivity index (χ4v) is 3.60. The van der Waals surface area contributed by atoms with Crippen LogP contribution in [-0.2, 0) is 5.60 Å². The molecule has 2 saturated heterocycles. The summed E-state index contributed by atoms with van der Waals surface area (Å²) < 4.78 is 0. The van der Waals surface area contributed by atoms with E-state index in [9.17, 15) is 5.11 Å². The first-order valence-corrected chi connectivity index (χ1v) is 6.84. The van der Waals surface area contributed by atoms with Crippen LogP contribution in [0, 0.1) is 0 Å². The highest BCUT2D eigenvalue weighted by molar-refractivity contribution is 5.55. The van der Waals surface area contributed by atoms with Crippen molar-refractivity contribution in [1.82, 2.24) is 5.32 Å². The number of anilines is 1. The second-order valence-corrected chi connectivity index (χ2v) is 5.99. The van der Waals surface area contributed by atoms with Gasteiger partial charge in [0.1, 0.15) is 0 Å². The fraction of sp³-hybridized carbons (Fsp3) is 0.600. The lowest BCUT2D eigenvalue weighted by molar-refractivity contribution is -0.0110. The normalized spacial score (nSPS) is 34.6. The maximum Gasteiger partial charge on any atom is 0.0946 e. The number of benzene rings is 1. The van der Waals surface area contributed by atoms with Crippen LogP contribution in [-0.4, -0.2) is 31.3 Å². The van der Waals surface area contributed by atoms with E-state index >= 15 is 0 Å². The highest BCUT2D eigenvalue weighted by atomic mass is 16.3. The Kier molecular flexibility index (Phi) is 2.83. The van der Waals surface area contributed by atoms with Gasteiger partial charge in [0, 0.05) is 37.4 Å². The molecule has 3 rings (SSSR count). The molecule has 0 radical (unpaired) electrons. The minimum atomic E-state index is -0.655. The lowest BCUT2D eigenvalue weighted by Gasteiger charge is -2.39. The molecule has 0 aliphatic carbocycles. The first kappa shape index (κ1) is 12.0. The van der Waals surface area contributed by atoms with Gasteiger partial charge in [-0.25, -0.2) is 0 Å². The SMILES string of the molecule is CN(C)c1ccccc1C1(O)CC2CCC(C1)N2. The van der Waals surface area contributed by atoms with Crippen LogP contribution in [0.2, 0.25) is 0 Å². The molecule has 18 heavy (non-hydrogen) atoms. The molecule has 2 aliphatic heterocycles. The van der Waals surface area contributed by atoms with Gasteiger partial charge in [0.05, 0.1) is 5.60 Å². The zero-order valence-electron chi connectivity index (χ0n) is 11.2. The third-order valence-electron chi connectivity index (χ3n) is 4.39. The quantitative estimate of drug-likeness (QED) is 0.836. The Morgan fingerprint density at radius 3 is 2.39 bits per heavy atom. The predicted octanol–water partition coefficient (Wildman–Crippen LogP) is 1.85. The molecule has 2 N–H and O–H groups in total. The number of hydrogen-bond donors (Lipinski definition) is 2. The van der Waals surface area contributed by atoms with E-state index in [1.807, 2.05) is 26.2 Å². The Bertz CT molecular complexity index is 432. The van der Waals surface area contributed by atoms with Gasteiger partial charge in [-0.15, -0.1) is 0 Å². The van der Waals surface area contributed by atoms with Crippen LogP contribution in [0.4, 0.5) is 5.69 Å². The number of nitrogens with one attached hydrogen (secondary N) is 1. The smallest absolute Gasteiger partial charge is 0.0946 e. The number of para-hydroxylation sites is 1. The van der Waals surface area contributed by atoms with Gasteiger partial charge in [0.25, 0.3) is 0 Å². The standard InChI is InChI=1S/C15H22N2O/c1-17(2)14-6-4-3-5-13(14)15(18)9-11-7-8-12(10-15)16-11/h3-6,11-12,16,18H,7-10H2,1-2H3. The minimum Gasteiger partial charge on any atom is -0.385 e. The fourth-order valence-electron chi connectivity index (χ4n) is 3.60. The van der Waals surface area contributed by atoms with Gasteiger partial charge in [-0.2, -0.15) is 0 Å². The van der Waals surface area contributed by atoms with Crippen LogP contribution < -0.4 is 10.2 Å². The largest absolute Gasteiger partial charge is 0.385 e. The average Bonchev–Trinajstić information content (AvgIpc) is 2.69. The molecule has 2 aliphatic rings. The van der Waals surface area contributed by atoms with E-state index in [4.69, 9.17) is 0 Å². The molecule has 2 unspecified atom stereocenters. The Morgan fingerprint density at radius 2 is 1.78 bits per heavy atom. The van der Waals surface area contributed by atoms with Gasteiger partial charge < -0.3 is 15.3 Å². The lowest BCUT2D eigenvalue weighted by atomic mass is 9.80. The second-order valence-electron chi connectivity index (χ2n) is 5.99. The zero-order chi connectivity index (χ0) is 12.8. The highest BCUT2D eigenvalue weighted by Crippen LogP contribution is 2.43. The summed E-state index contributed by atoms with van der Waals surface area (Å²) >= 11 is 0. The van der Waals surface area contributed by atoms with E-state index in [0.717, 1.165) is 24.1 Å². The van der Waals surface area contributed by atoms with Crippen molar-refractivity contribution in [3.05, 3.63) is 29.8 Å². The summed E-state index contributed by atoms with van der Waals surface area (Å²) in [5, 5.41) is 14.7. The van der Waals surface area contributed by atoms with Crippen molar-refractivity contribution >= 4 is 5.69 Å². The monoisotopic (exact) mass is 246 g/mol. The van der Waals surface area contributed by atoms with Crippen molar-refractivity contribution in [2.75, 3.05) is 19.0 Å². The first-order valence-electron chi connectivity index (χ1n) is 6.84. The summed E-state index contributed by atoms with van der Waals surface area (Å²) in [5.74, 6) is 0. The molecule has 2 bridgehead atoms. The molecule has 3 heteroatoms. The molecule has 2 fully saturated rings. The zero-order valence-corrected chi connectivity index (χ0v) is 11.2. The van der Waals surface area contributed by atoms with E-state index in [1.54, 1.807) is 0 Å². The predicted molar refractivity (Wildman–Crippen MR) is 73.8 cm³/mol. The summed E-state index contributed by atoms with van der Waals surface area (Å²) in [6.07, 6.45) is 4.09. The Labute approximate surface area is 109 Å². The summed E-state index contributed by atoms with van der Waals surface area (Å²) in [5.41, 5.74) is 1.58. The Balaban J connectivity index is 1.98. The van der Waals surface area contributed by atoms with E-state index in [2.05, 4.69) is 22.3 Å². The van der Waals surface area contributed by atoms with E-state index < -0.39 is 5.60 Å². The van der Waals surface area contributed by atoms with Crippen molar-refractivity contribution in [1.29, 1.82) is 0 Å². The van der Waals surface area contributed by atoms with Crippen molar-refractivity contribution in [3.63, 3.8) is 0 Å². The minimum absolute atomic E-state index is 0.490. The molecule has 0 aromatic heterocycles. The molecule has 3 nitrogen and oxygen atoms in total. The molecule has 2 heterocycles. The number of piperidine rings is 1. The number of hydrogen-bond acceptors (Lipinski definition) is 3. The highest BCUT2D eigenvalue weighted by Gasteiger charge is 2.44. The molecule has 0 amide bonds. The van der Waals surface area contributed by atoms with Crippen molar-refractivity contribution in [2.24, 2.45) is 0 Å². The molecule has 1 aromatic carbocycles. The van der Waals surface area contributed by atoms with Gasteiger partial charge in [0.2, 0.25) is 0 Å². The molecule has 0 saturated carbocycles. The van der Waals surface area contributed by atoms with E-state index in [1.165, 1.54) is 12.8 Å². The van der Waals surface area contributed by atoms with Gasteiger partial charge >= 0.3 is 0 Å². The number of nitrogens with zero attached hydrogens (tertiary/aromatic N) is 1. The molecule has 1 aromatic rings. The molecule has 98 valence electrons. The van der Waals surface area contributed by atoms with Gasteiger partial charge in [-0.3, -0.25) is 0 Å². The Hall–Kier alpha value is -1.06. The third kappa shape index (κ3) is 1.91. The van der Waals surface area contributed by atoms with Gasteiger partial charge in [-0.05, 0) is 31.7 Å². The molecule has 2 atom stereocenters. The van der Waals surface area contributed by atoms with E-state index in [-0.39, 0.29) is 0 Å². The van der Waals surface area contributed by atoms with Crippen molar-refractivity contribution in [3.8, 4) is 0 Å². The first-order chi connectivity index (χ1) is 8.58. The molecule has 0 spiro atoms. The van der Waals surface area contributed by atoms with Crippen molar-refractivity contribution < 1.29 is 5.11 Å². The van der Waals surface area contributed by atoms with Crippen LogP contribution in [0.3, 0.4) is 0 Å². The van der Waals surface area contributed by atoms with Crippen LogP contribution in [0.25, 0.3) is 0 Å². The Morgan fingerprint density at radius 1 is 1.17 bits per heavy atom. The van der Waals surface area contributed by atoms with E-state index in [0.29, 0.717) is 12.1 Å². The molecular formula is C15H22N2O.